The molecule has 6 nitrogen and oxygen atoms in total. The number of nitrogens with zero attached hydrogens (tertiary/aromatic N) is 6. The summed E-state index contributed by atoms with van der Waals surface area (Å²) in [4.78, 5) is 10.2. The number of nitriles is 2. The number of aromatic nitrogens is 2. The van der Waals surface area contributed by atoms with Crippen molar-refractivity contribution in [1.29, 1.82) is 10.5 Å². The summed E-state index contributed by atoms with van der Waals surface area (Å²) < 4.78 is 2.27. The molecule has 1 aliphatic heterocycles. The lowest BCUT2D eigenvalue weighted by Crippen LogP contribution is -2.77. The molecule has 1 aliphatic rings. The molecule has 0 spiro atoms. The maximum atomic E-state index is 9.79. The average molecular weight is 809 g/mol. The smallest absolute Gasteiger partial charge is 0.184 e. The average Bonchev–Trinajstić information content (AvgIpc) is 3.68. The van der Waals surface area contributed by atoms with Crippen LogP contribution in [0.25, 0.3) is 27.6 Å². The van der Waals surface area contributed by atoms with Crippen molar-refractivity contribution in [3.63, 3.8) is 0 Å². The molecule has 8 aromatic carbocycles. The van der Waals surface area contributed by atoms with E-state index in [1.165, 1.54) is 20.7 Å². The molecule has 11 rings (SSSR count). The van der Waals surface area contributed by atoms with Crippen molar-refractivity contribution >= 4 is 84.9 Å². The van der Waals surface area contributed by atoms with Gasteiger partial charge in [-0.3, -0.25) is 9.47 Å². The lowest BCUT2D eigenvalue weighted by atomic mass is 10.1. The predicted molar refractivity (Wildman–Crippen MR) is 255 cm³/mol. The van der Waals surface area contributed by atoms with Crippen molar-refractivity contribution in [3.8, 4) is 18.0 Å². The lowest BCUT2D eigenvalue weighted by Gasteiger charge is -2.44. The van der Waals surface area contributed by atoms with E-state index in [0.717, 1.165) is 61.9 Å². The van der Waals surface area contributed by atoms with Gasteiger partial charge in [-0.1, -0.05) is 133 Å². The second-order valence-electron chi connectivity index (χ2n) is 15.4. The molecule has 0 saturated heterocycles. The van der Waals surface area contributed by atoms with E-state index in [1.807, 2.05) is 48.5 Å². The van der Waals surface area contributed by atoms with Gasteiger partial charge in [-0.05, 0) is 93.5 Å². The second-order valence-corrected chi connectivity index (χ2v) is 19.1. The number of anilines is 6. The summed E-state index contributed by atoms with van der Waals surface area (Å²) in [5.41, 5.74) is 7.96. The molecule has 0 amide bonds. The Balaban J connectivity index is 1.24. The van der Waals surface area contributed by atoms with Crippen LogP contribution in [-0.2, 0) is 0 Å². The molecule has 10 aromatic rings. The van der Waals surface area contributed by atoms with Gasteiger partial charge in [0.2, 0.25) is 0 Å². The van der Waals surface area contributed by atoms with E-state index in [0.29, 0.717) is 11.1 Å². The Hall–Kier alpha value is -8.49. The molecule has 0 unspecified atom stereocenters. The molecule has 0 fully saturated rings. The third-order valence-corrected chi connectivity index (χ3v) is 17.0. The zero-order valence-corrected chi connectivity index (χ0v) is 34.5. The first-order valence-electron chi connectivity index (χ1n) is 20.6. The molecule has 0 atom stereocenters. The molecule has 0 radical (unpaired) electrons. The van der Waals surface area contributed by atoms with E-state index in [-0.39, 0.29) is 0 Å². The standard InChI is InChI=1S/C55H36N6Si/c56-37-39-27-31-41(32-28-39)59(42-33-29-40(38-57)30-34-42)43-35-54(60-48-21-9-7-19-46(48)47-20-8-10-22-49(47)60)58-55(36-43)61-50-23-11-13-25-52(50)62(44-15-3-1-4-16-44,45-17-5-2-6-18-45)53-26-14-12-24-51(53)61/h1-36H. The normalized spacial score (nSPS) is 12.6. The molecular formula is C55H36N6Si. The van der Waals surface area contributed by atoms with E-state index in [1.54, 1.807) is 0 Å². The topological polar surface area (TPSA) is 71.9 Å². The first kappa shape index (κ1) is 36.6. The summed E-state index contributed by atoms with van der Waals surface area (Å²) in [6.45, 7) is 0. The summed E-state index contributed by atoms with van der Waals surface area (Å²) in [5.74, 6) is 1.49. The first-order chi connectivity index (χ1) is 30.7. The number of rotatable bonds is 7. The van der Waals surface area contributed by atoms with Crippen LogP contribution in [0.2, 0.25) is 0 Å². The molecule has 0 N–H and O–H groups in total. The summed E-state index contributed by atoms with van der Waals surface area (Å²) in [6.07, 6.45) is 0. The van der Waals surface area contributed by atoms with E-state index in [2.05, 4.69) is 196 Å². The highest BCUT2D eigenvalue weighted by Crippen LogP contribution is 2.43. The highest BCUT2D eigenvalue weighted by Gasteiger charge is 2.49. The molecule has 0 aliphatic carbocycles. The van der Waals surface area contributed by atoms with Crippen molar-refractivity contribution in [2.75, 3.05) is 9.80 Å². The van der Waals surface area contributed by atoms with Crippen LogP contribution < -0.4 is 30.5 Å². The maximum absolute atomic E-state index is 9.79. The van der Waals surface area contributed by atoms with Crippen molar-refractivity contribution in [2.45, 2.75) is 0 Å². The number of hydrogen-bond donors (Lipinski definition) is 0. The van der Waals surface area contributed by atoms with Crippen LogP contribution in [-0.4, -0.2) is 17.6 Å². The fourth-order valence-corrected chi connectivity index (χ4v) is 14.6. The lowest BCUT2D eigenvalue weighted by molar-refractivity contribution is 1.05. The third kappa shape index (κ3) is 5.72. The predicted octanol–water partition coefficient (Wildman–Crippen LogP) is 10.6. The van der Waals surface area contributed by atoms with Gasteiger partial charge < -0.3 is 4.90 Å². The first-order valence-corrected chi connectivity index (χ1v) is 22.6. The number of para-hydroxylation sites is 4. The SMILES string of the molecule is N#Cc1ccc(N(c2ccc(C#N)cc2)c2cc(N3c4ccccc4[Si](c4ccccc4)(c4ccccc4)c4ccccc43)nc(-n3c4ccccc4c4ccccc43)c2)cc1. The second kappa shape index (κ2) is 15.0. The van der Waals surface area contributed by atoms with Gasteiger partial charge in [0.1, 0.15) is 11.6 Å². The van der Waals surface area contributed by atoms with E-state index < -0.39 is 8.07 Å². The van der Waals surface area contributed by atoms with Crippen LogP contribution in [0, 0.1) is 22.7 Å². The van der Waals surface area contributed by atoms with Crippen LogP contribution in [0.5, 0.6) is 0 Å². The summed E-state index contributed by atoms with van der Waals surface area (Å²) >= 11 is 0. The molecule has 0 saturated carbocycles. The fourth-order valence-electron chi connectivity index (χ4n) is 9.49. The van der Waals surface area contributed by atoms with Crippen LogP contribution in [0.3, 0.4) is 0 Å². The summed E-state index contributed by atoms with van der Waals surface area (Å²) in [5, 5.41) is 27.0. The Labute approximate surface area is 360 Å². The minimum absolute atomic E-state index is 0.570. The van der Waals surface area contributed by atoms with Crippen LogP contribution in [0.4, 0.5) is 34.3 Å². The Morgan fingerprint density at radius 3 is 1.32 bits per heavy atom. The van der Waals surface area contributed by atoms with Gasteiger partial charge in [0.15, 0.2) is 8.07 Å². The highest BCUT2D eigenvalue weighted by atomic mass is 28.3. The highest BCUT2D eigenvalue weighted by molar-refractivity contribution is 7.21. The largest absolute Gasteiger partial charge is 0.310 e. The number of benzene rings is 8. The van der Waals surface area contributed by atoms with Crippen molar-refractivity contribution in [3.05, 3.63) is 230 Å². The minimum atomic E-state index is -2.89. The number of pyridine rings is 1. The van der Waals surface area contributed by atoms with Gasteiger partial charge in [0.05, 0.1) is 40.0 Å². The number of hydrogen-bond acceptors (Lipinski definition) is 5. The Morgan fingerprint density at radius 1 is 0.419 bits per heavy atom. The van der Waals surface area contributed by atoms with Crippen molar-refractivity contribution < 1.29 is 0 Å². The van der Waals surface area contributed by atoms with Crippen molar-refractivity contribution in [2.24, 2.45) is 0 Å². The monoisotopic (exact) mass is 808 g/mol. The third-order valence-electron chi connectivity index (χ3n) is 12.1. The maximum Gasteiger partial charge on any atom is 0.184 e. The molecule has 7 heteroatoms. The van der Waals surface area contributed by atoms with Crippen LogP contribution >= 0.6 is 0 Å². The molecule has 290 valence electrons. The van der Waals surface area contributed by atoms with Gasteiger partial charge in [-0.25, -0.2) is 4.98 Å². The molecule has 2 aromatic heterocycles. The van der Waals surface area contributed by atoms with Gasteiger partial charge in [-0.15, -0.1) is 0 Å². The fraction of sp³-hybridized carbons (Fsp3) is 0. The van der Waals surface area contributed by atoms with Crippen molar-refractivity contribution in [1.82, 2.24) is 9.55 Å². The van der Waals surface area contributed by atoms with Gasteiger partial charge in [0.25, 0.3) is 0 Å². The minimum Gasteiger partial charge on any atom is -0.310 e. The Morgan fingerprint density at radius 2 is 0.839 bits per heavy atom. The zero-order chi connectivity index (χ0) is 41.6. The van der Waals surface area contributed by atoms with E-state index in [9.17, 15) is 10.5 Å². The quantitative estimate of drug-likeness (QED) is 0.150. The molecular weight excluding hydrogens is 773 g/mol. The summed E-state index contributed by atoms with van der Waals surface area (Å²) in [7, 11) is -2.89. The van der Waals surface area contributed by atoms with Gasteiger partial charge in [-0.2, -0.15) is 10.5 Å². The van der Waals surface area contributed by atoms with Crippen LogP contribution in [0.1, 0.15) is 11.1 Å². The molecule has 3 heterocycles. The van der Waals surface area contributed by atoms with Crippen LogP contribution in [0.15, 0.2) is 218 Å². The Kier molecular flexibility index (Phi) is 8.82. The van der Waals surface area contributed by atoms with Gasteiger partial charge in [0, 0.05) is 45.7 Å². The number of fused-ring (bicyclic) bond motifs is 5. The zero-order valence-electron chi connectivity index (χ0n) is 33.5. The van der Waals surface area contributed by atoms with E-state index >= 15 is 0 Å². The molecule has 0 bridgehead atoms. The van der Waals surface area contributed by atoms with E-state index in [4.69, 9.17) is 4.98 Å². The molecule has 62 heavy (non-hydrogen) atoms. The Bertz CT molecular complexity index is 3180. The summed E-state index contributed by atoms with van der Waals surface area (Å²) in [6, 6.07) is 80.9. The van der Waals surface area contributed by atoms with Gasteiger partial charge >= 0.3 is 0 Å².